The Balaban J connectivity index is 2.09. The number of nitrogens with two attached hydrogens (primary N) is 1. The van der Waals surface area contributed by atoms with E-state index in [2.05, 4.69) is 15.9 Å². The van der Waals surface area contributed by atoms with Crippen molar-refractivity contribution in [1.29, 1.82) is 5.41 Å². The van der Waals surface area contributed by atoms with E-state index in [1.807, 2.05) is 0 Å². The van der Waals surface area contributed by atoms with Crippen LogP contribution in [0.5, 0.6) is 0 Å². The lowest BCUT2D eigenvalue weighted by molar-refractivity contribution is 0.591. The van der Waals surface area contributed by atoms with Crippen LogP contribution in [-0.2, 0) is 0 Å². The number of thioether (sulfide) groups is 1. The smallest absolute Gasteiger partial charge is 0.151 e. The molecule has 2 rings (SSSR count). The molecule has 0 spiro atoms. The van der Waals surface area contributed by atoms with Crippen LogP contribution in [-0.4, -0.2) is 11.6 Å². The monoisotopic (exact) mass is 330 g/mol. The molecule has 1 saturated carbocycles. The quantitative estimate of drug-likeness (QED) is 0.495. The van der Waals surface area contributed by atoms with E-state index in [1.165, 1.54) is 25.7 Å². The van der Waals surface area contributed by atoms with Gasteiger partial charge in [0.25, 0.3) is 0 Å². The SMILES string of the molecule is N=C(N)c1ccc(SCC2CCCC2)c(F)c1Br. The minimum absolute atomic E-state index is 0.117. The topological polar surface area (TPSA) is 49.9 Å². The Labute approximate surface area is 119 Å². The molecule has 0 unspecified atom stereocenters. The molecule has 2 nitrogen and oxygen atoms in total. The summed E-state index contributed by atoms with van der Waals surface area (Å²) in [5, 5.41) is 7.36. The molecule has 0 amide bonds. The zero-order valence-electron chi connectivity index (χ0n) is 10.0. The Hall–Kier alpha value is -0.550. The third-order valence-corrected chi connectivity index (χ3v) is 5.33. The van der Waals surface area contributed by atoms with Crippen LogP contribution in [0.25, 0.3) is 0 Å². The fourth-order valence-corrected chi connectivity index (χ4v) is 4.07. The number of amidine groups is 1. The Morgan fingerprint density at radius 3 is 2.72 bits per heavy atom. The molecule has 5 heteroatoms. The number of nitrogen functional groups attached to an aromatic ring is 1. The predicted molar refractivity (Wildman–Crippen MR) is 77.8 cm³/mol. The summed E-state index contributed by atoms with van der Waals surface area (Å²) >= 11 is 4.74. The fourth-order valence-electron chi connectivity index (χ4n) is 2.24. The van der Waals surface area contributed by atoms with Gasteiger partial charge in [-0.2, -0.15) is 0 Å². The Bertz CT molecular complexity index is 459. The summed E-state index contributed by atoms with van der Waals surface area (Å²) in [5.74, 6) is 1.28. The molecule has 3 N–H and O–H groups in total. The van der Waals surface area contributed by atoms with E-state index in [9.17, 15) is 4.39 Å². The summed E-state index contributed by atoms with van der Waals surface area (Å²) in [5.41, 5.74) is 5.80. The Kier molecular flexibility index (Phi) is 4.67. The molecule has 1 aromatic carbocycles. The first-order valence-electron chi connectivity index (χ1n) is 6.04. The summed E-state index contributed by atoms with van der Waals surface area (Å²) < 4.78 is 14.4. The van der Waals surface area contributed by atoms with Crippen molar-refractivity contribution < 1.29 is 4.39 Å². The molecule has 0 atom stereocenters. The second-order valence-electron chi connectivity index (χ2n) is 4.61. The maximum atomic E-state index is 14.1. The third kappa shape index (κ3) is 3.06. The highest BCUT2D eigenvalue weighted by Crippen LogP contribution is 2.34. The molecule has 0 bridgehead atoms. The van der Waals surface area contributed by atoms with Gasteiger partial charge in [-0.1, -0.05) is 12.8 Å². The standard InChI is InChI=1S/C13H16BrFN2S/c14-11-9(13(16)17)5-6-10(12(11)15)18-7-8-3-1-2-4-8/h5-6,8H,1-4,7H2,(H3,16,17). The maximum absolute atomic E-state index is 14.1. The van der Waals surface area contributed by atoms with E-state index in [4.69, 9.17) is 11.1 Å². The van der Waals surface area contributed by atoms with Crippen LogP contribution in [0.3, 0.4) is 0 Å². The molecule has 0 heterocycles. The van der Waals surface area contributed by atoms with Gasteiger partial charge in [-0.3, -0.25) is 5.41 Å². The van der Waals surface area contributed by atoms with Crippen molar-refractivity contribution in [3.8, 4) is 0 Å². The number of hydrogen-bond acceptors (Lipinski definition) is 2. The lowest BCUT2D eigenvalue weighted by Crippen LogP contribution is -2.12. The summed E-state index contributed by atoms with van der Waals surface area (Å²) in [7, 11) is 0. The molecular formula is C13H16BrFN2S. The molecule has 1 aliphatic carbocycles. The molecule has 1 aromatic rings. The first kappa shape index (κ1) is 13.9. The Morgan fingerprint density at radius 2 is 2.11 bits per heavy atom. The van der Waals surface area contributed by atoms with Gasteiger partial charge in [0.15, 0.2) is 5.82 Å². The molecule has 0 saturated heterocycles. The minimum Gasteiger partial charge on any atom is -0.384 e. The molecule has 0 radical (unpaired) electrons. The second kappa shape index (κ2) is 6.06. The van der Waals surface area contributed by atoms with Gasteiger partial charge < -0.3 is 5.73 Å². The van der Waals surface area contributed by atoms with Gasteiger partial charge in [0, 0.05) is 16.2 Å². The third-order valence-electron chi connectivity index (χ3n) is 3.29. The van der Waals surface area contributed by atoms with Gasteiger partial charge >= 0.3 is 0 Å². The van der Waals surface area contributed by atoms with Crippen molar-refractivity contribution in [2.75, 3.05) is 5.75 Å². The summed E-state index contributed by atoms with van der Waals surface area (Å²) in [4.78, 5) is 0.638. The zero-order valence-corrected chi connectivity index (χ0v) is 12.4. The predicted octanol–water partition coefficient (Wildman–Crippen LogP) is 4.15. The van der Waals surface area contributed by atoms with Gasteiger partial charge in [0.2, 0.25) is 0 Å². The second-order valence-corrected chi connectivity index (χ2v) is 6.47. The summed E-state index contributed by atoms with van der Waals surface area (Å²) in [6.07, 6.45) is 5.14. The average molecular weight is 331 g/mol. The van der Waals surface area contributed by atoms with Crippen LogP contribution < -0.4 is 5.73 Å². The first-order valence-corrected chi connectivity index (χ1v) is 7.82. The van der Waals surface area contributed by atoms with E-state index < -0.39 is 0 Å². The van der Waals surface area contributed by atoms with Crippen molar-refractivity contribution in [3.05, 3.63) is 28.0 Å². The van der Waals surface area contributed by atoms with Gasteiger partial charge in [0.05, 0.1) is 4.47 Å². The zero-order chi connectivity index (χ0) is 13.1. The van der Waals surface area contributed by atoms with Crippen LogP contribution in [0.1, 0.15) is 31.2 Å². The van der Waals surface area contributed by atoms with Gasteiger partial charge in [0.1, 0.15) is 5.84 Å². The summed E-state index contributed by atoms with van der Waals surface area (Å²) in [6.45, 7) is 0. The van der Waals surface area contributed by atoms with Crippen molar-refractivity contribution >= 4 is 33.5 Å². The van der Waals surface area contributed by atoms with Crippen LogP contribution in [0.4, 0.5) is 4.39 Å². The number of nitrogens with one attached hydrogen (secondary N) is 1. The van der Waals surface area contributed by atoms with Crippen molar-refractivity contribution in [3.63, 3.8) is 0 Å². The lowest BCUT2D eigenvalue weighted by Gasteiger charge is -2.11. The molecule has 18 heavy (non-hydrogen) atoms. The van der Waals surface area contributed by atoms with Gasteiger partial charge in [-0.05, 0) is 46.8 Å². The Morgan fingerprint density at radius 1 is 1.44 bits per heavy atom. The normalized spacial score (nSPS) is 16.1. The van der Waals surface area contributed by atoms with Crippen LogP contribution in [0.15, 0.2) is 21.5 Å². The number of halogens is 2. The molecule has 98 valence electrons. The van der Waals surface area contributed by atoms with Crippen molar-refractivity contribution in [1.82, 2.24) is 0 Å². The minimum atomic E-state index is -0.300. The highest BCUT2D eigenvalue weighted by Gasteiger charge is 2.18. The van der Waals surface area contributed by atoms with E-state index in [0.29, 0.717) is 14.9 Å². The molecule has 1 fully saturated rings. The van der Waals surface area contributed by atoms with Gasteiger partial charge in [-0.25, -0.2) is 4.39 Å². The number of hydrogen-bond donors (Lipinski definition) is 2. The molecule has 1 aliphatic rings. The molecule has 0 aliphatic heterocycles. The van der Waals surface area contributed by atoms with E-state index in [1.54, 1.807) is 23.9 Å². The largest absolute Gasteiger partial charge is 0.384 e. The average Bonchev–Trinajstić information content (AvgIpc) is 2.83. The summed E-state index contributed by atoms with van der Waals surface area (Å²) in [6, 6.07) is 3.42. The lowest BCUT2D eigenvalue weighted by atomic mass is 10.1. The highest BCUT2D eigenvalue weighted by atomic mass is 79.9. The maximum Gasteiger partial charge on any atom is 0.151 e. The first-order chi connectivity index (χ1) is 8.59. The van der Waals surface area contributed by atoms with E-state index in [-0.39, 0.29) is 11.7 Å². The molecular weight excluding hydrogens is 315 g/mol. The van der Waals surface area contributed by atoms with Crippen molar-refractivity contribution in [2.45, 2.75) is 30.6 Å². The highest BCUT2D eigenvalue weighted by molar-refractivity contribution is 9.10. The van der Waals surface area contributed by atoms with E-state index >= 15 is 0 Å². The number of benzene rings is 1. The van der Waals surface area contributed by atoms with E-state index in [0.717, 1.165) is 11.7 Å². The molecule has 0 aromatic heterocycles. The van der Waals surface area contributed by atoms with Crippen molar-refractivity contribution in [2.24, 2.45) is 11.7 Å². The van der Waals surface area contributed by atoms with Crippen LogP contribution in [0, 0.1) is 17.1 Å². The fraction of sp³-hybridized carbons (Fsp3) is 0.462. The van der Waals surface area contributed by atoms with Crippen LogP contribution >= 0.6 is 27.7 Å². The van der Waals surface area contributed by atoms with Gasteiger partial charge in [-0.15, -0.1) is 11.8 Å². The van der Waals surface area contributed by atoms with Crippen LogP contribution in [0.2, 0.25) is 0 Å². The number of rotatable bonds is 4.